The van der Waals surface area contributed by atoms with Gasteiger partial charge in [0.2, 0.25) is 0 Å². The summed E-state index contributed by atoms with van der Waals surface area (Å²) in [4.78, 5) is 23.6. The van der Waals surface area contributed by atoms with E-state index in [1.807, 2.05) is 0 Å². The number of esters is 1. The Hall–Kier alpha value is -2.73. The van der Waals surface area contributed by atoms with Crippen LogP contribution in [0.4, 0.5) is 10.2 Å². The van der Waals surface area contributed by atoms with Crippen molar-refractivity contribution in [3.8, 4) is 12.3 Å². The molecule has 2 aromatic rings. The van der Waals surface area contributed by atoms with Crippen LogP contribution in [-0.2, 0) is 20.8 Å². The van der Waals surface area contributed by atoms with Crippen molar-refractivity contribution in [1.82, 2.24) is 19.5 Å². The molecule has 2 rings (SSSR count). The molecule has 0 saturated heterocycles. The fourth-order valence-corrected chi connectivity index (χ4v) is 4.19. The maximum absolute atomic E-state index is 13.6. The van der Waals surface area contributed by atoms with Crippen LogP contribution in [0.15, 0.2) is 6.33 Å². The number of carbonyl (C=O) groups excluding carboxylic acids is 1. The molecule has 0 radical (unpaired) electrons. The van der Waals surface area contributed by atoms with Gasteiger partial charge in [-0.1, -0.05) is 83.5 Å². The quantitative estimate of drug-likeness (QED) is 0.115. The van der Waals surface area contributed by atoms with Crippen LogP contribution in [0, 0.1) is 18.4 Å². The minimum Gasteiger partial charge on any atom is -0.462 e. The number of imidazole rings is 1. The first kappa shape index (κ1) is 29.5. The molecule has 36 heavy (non-hydrogen) atoms. The third-order valence-electron chi connectivity index (χ3n) is 6.57. The number of aryl methyl sites for hydroxylation is 1. The molecule has 0 aliphatic rings. The van der Waals surface area contributed by atoms with Crippen LogP contribution in [0.5, 0.6) is 0 Å². The minimum absolute atomic E-state index is 0.0297. The summed E-state index contributed by atoms with van der Waals surface area (Å²) in [5, 5.41) is 0. The van der Waals surface area contributed by atoms with Crippen LogP contribution in [0.1, 0.15) is 96.8 Å². The van der Waals surface area contributed by atoms with Gasteiger partial charge in [-0.15, -0.1) is 6.42 Å². The fourth-order valence-electron chi connectivity index (χ4n) is 4.19. The van der Waals surface area contributed by atoms with E-state index >= 15 is 0 Å². The van der Waals surface area contributed by atoms with Gasteiger partial charge in [0.1, 0.15) is 12.1 Å². The number of hydrogen-bond acceptors (Lipinski definition) is 7. The number of methoxy groups -OCH3 is 1. The Balaban J connectivity index is 1.65. The smallest absolute Gasteiger partial charge is 0.312 e. The highest BCUT2D eigenvalue weighted by atomic mass is 19.1. The number of terminal acetylenes is 1. The largest absolute Gasteiger partial charge is 0.462 e. The number of nitrogens with zero attached hydrogens (tertiary/aromatic N) is 4. The van der Waals surface area contributed by atoms with Crippen molar-refractivity contribution >= 4 is 23.0 Å². The summed E-state index contributed by atoms with van der Waals surface area (Å²) in [5.41, 5.74) is 5.18. The summed E-state index contributed by atoms with van der Waals surface area (Å²) in [6.45, 7) is 2.50. The highest BCUT2D eigenvalue weighted by Gasteiger charge is 2.30. The van der Waals surface area contributed by atoms with Crippen LogP contribution < -0.4 is 5.73 Å². The van der Waals surface area contributed by atoms with E-state index in [4.69, 9.17) is 21.6 Å². The zero-order valence-electron chi connectivity index (χ0n) is 21.9. The van der Waals surface area contributed by atoms with Crippen LogP contribution >= 0.6 is 0 Å². The molecule has 2 aromatic heterocycles. The number of nitrogen functional groups attached to an aromatic ring is 1. The van der Waals surface area contributed by atoms with Crippen LogP contribution in [0.3, 0.4) is 0 Å². The average Bonchev–Trinajstić information content (AvgIpc) is 3.28. The molecule has 0 aliphatic heterocycles. The SMILES string of the molecule is C#CC(CCn1cnc2c(N)nc(F)nc21)(COC(=O)CCCCCCCCCCCCCC)OC. The maximum atomic E-state index is 13.6. The van der Waals surface area contributed by atoms with Crippen molar-refractivity contribution in [3.63, 3.8) is 0 Å². The third-order valence-corrected chi connectivity index (χ3v) is 6.57. The molecule has 2 heterocycles. The predicted molar refractivity (Wildman–Crippen MR) is 140 cm³/mol. The van der Waals surface area contributed by atoms with Crippen molar-refractivity contribution in [1.29, 1.82) is 0 Å². The Labute approximate surface area is 214 Å². The number of ether oxygens (including phenoxy) is 2. The number of halogens is 1. The topological polar surface area (TPSA) is 105 Å². The van der Waals surface area contributed by atoms with Gasteiger partial charge < -0.3 is 19.8 Å². The molecular formula is C27H42FN5O3. The van der Waals surface area contributed by atoms with E-state index in [9.17, 15) is 9.18 Å². The third kappa shape index (κ3) is 9.73. The number of unbranched alkanes of at least 4 members (excludes halogenated alkanes) is 11. The summed E-state index contributed by atoms with van der Waals surface area (Å²) in [7, 11) is 1.48. The van der Waals surface area contributed by atoms with E-state index in [0.29, 0.717) is 24.9 Å². The molecule has 0 amide bonds. The Kier molecular flexibility index (Phi) is 13.2. The Morgan fingerprint density at radius 2 is 1.69 bits per heavy atom. The lowest BCUT2D eigenvalue weighted by Gasteiger charge is -2.26. The molecule has 9 heteroatoms. The number of rotatable bonds is 19. The van der Waals surface area contributed by atoms with Gasteiger partial charge in [-0.2, -0.15) is 14.4 Å². The summed E-state index contributed by atoms with van der Waals surface area (Å²) in [6.07, 6.45) is 21.8. The van der Waals surface area contributed by atoms with Gasteiger partial charge in [0.05, 0.1) is 6.33 Å². The predicted octanol–water partition coefficient (Wildman–Crippen LogP) is 5.59. The van der Waals surface area contributed by atoms with Gasteiger partial charge in [0.15, 0.2) is 17.1 Å². The molecule has 0 aliphatic carbocycles. The van der Waals surface area contributed by atoms with Crippen LogP contribution in [0.25, 0.3) is 11.2 Å². The molecule has 1 unspecified atom stereocenters. The first-order valence-electron chi connectivity index (χ1n) is 13.3. The number of nitrogens with two attached hydrogens (primary N) is 1. The maximum Gasteiger partial charge on any atom is 0.312 e. The van der Waals surface area contributed by atoms with E-state index in [0.717, 1.165) is 19.3 Å². The molecule has 2 N–H and O–H groups in total. The van der Waals surface area contributed by atoms with E-state index in [-0.39, 0.29) is 24.0 Å². The zero-order valence-corrected chi connectivity index (χ0v) is 21.9. The molecule has 0 saturated carbocycles. The highest BCUT2D eigenvalue weighted by Crippen LogP contribution is 2.21. The Bertz CT molecular complexity index is 974. The molecule has 1 atom stereocenters. The lowest BCUT2D eigenvalue weighted by atomic mass is 10.0. The van der Waals surface area contributed by atoms with E-state index in [1.165, 1.54) is 71.2 Å². The molecule has 0 aromatic carbocycles. The number of fused-ring (bicyclic) bond motifs is 1. The van der Waals surface area contributed by atoms with Crippen molar-refractivity contribution < 1.29 is 18.7 Å². The fraction of sp³-hybridized carbons (Fsp3) is 0.704. The second-order valence-electron chi connectivity index (χ2n) is 9.38. The lowest BCUT2D eigenvalue weighted by molar-refractivity contribution is -0.150. The van der Waals surface area contributed by atoms with Gasteiger partial charge in [-0.25, -0.2) is 4.98 Å². The van der Waals surface area contributed by atoms with Gasteiger partial charge in [-0.05, 0) is 6.42 Å². The molecular weight excluding hydrogens is 461 g/mol. The van der Waals surface area contributed by atoms with Gasteiger partial charge in [-0.3, -0.25) is 4.79 Å². The molecule has 0 spiro atoms. The Morgan fingerprint density at radius 3 is 2.28 bits per heavy atom. The standard InChI is InChI=1S/C27H42FN5O3/c1-4-6-7-8-9-10-11-12-13-14-15-16-17-22(34)36-20-27(5-2,35-3)18-19-33-21-30-23-24(29)31-26(28)32-25(23)33/h2,21H,4,6-20H2,1,3H3,(H2,29,31,32). The lowest BCUT2D eigenvalue weighted by Crippen LogP contribution is -2.37. The van der Waals surface area contributed by atoms with E-state index < -0.39 is 11.7 Å². The zero-order chi connectivity index (χ0) is 26.2. The average molecular weight is 504 g/mol. The minimum atomic E-state index is -1.11. The van der Waals surface area contributed by atoms with E-state index in [1.54, 1.807) is 4.57 Å². The van der Waals surface area contributed by atoms with Gasteiger partial charge in [0, 0.05) is 26.5 Å². The summed E-state index contributed by atoms with van der Waals surface area (Å²) in [6, 6.07) is 0. The number of carbonyl (C=O) groups is 1. The van der Waals surface area contributed by atoms with Crippen molar-refractivity contribution in [3.05, 3.63) is 12.4 Å². The second kappa shape index (κ2) is 16.1. The normalized spacial score (nSPS) is 12.9. The van der Waals surface area contributed by atoms with Gasteiger partial charge in [0.25, 0.3) is 0 Å². The Morgan fingerprint density at radius 1 is 1.08 bits per heavy atom. The van der Waals surface area contributed by atoms with Crippen molar-refractivity contribution in [2.45, 2.75) is 109 Å². The van der Waals surface area contributed by atoms with Crippen LogP contribution in [0.2, 0.25) is 0 Å². The monoisotopic (exact) mass is 503 g/mol. The number of hydrogen-bond donors (Lipinski definition) is 1. The molecule has 0 fully saturated rings. The molecule has 200 valence electrons. The van der Waals surface area contributed by atoms with Crippen molar-refractivity contribution in [2.24, 2.45) is 0 Å². The van der Waals surface area contributed by atoms with Crippen molar-refractivity contribution in [2.75, 3.05) is 19.5 Å². The summed E-state index contributed by atoms with van der Waals surface area (Å²) in [5.74, 6) is 2.29. The van der Waals surface area contributed by atoms with E-state index in [2.05, 4.69) is 27.8 Å². The first-order valence-corrected chi connectivity index (χ1v) is 13.3. The van der Waals surface area contributed by atoms with Gasteiger partial charge >= 0.3 is 12.0 Å². The molecule has 0 bridgehead atoms. The summed E-state index contributed by atoms with van der Waals surface area (Å²) >= 11 is 0. The summed E-state index contributed by atoms with van der Waals surface area (Å²) < 4.78 is 26.2. The first-order chi connectivity index (χ1) is 17.4. The number of anilines is 1. The highest BCUT2D eigenvalue weighted by molar-refractivity contribution is 5.81. The second-order valence-corrected chi connectivity index (χ2v) is 9.38. The number of aromatic nitrogens is 4. The van der Waals surface area contributed by atoms with Crippen LogP contribution in [-0.4, -0.2) is 44.8 Å². The molecule has 8 nitrogen and oxygen atoms in total.